The Morgan fingerprint density at radius 2 is 1.57 bits per heavy atom. The van der Waals surface area contributed by atoms with Crippen molar-refractivity contribution in [1.82, 2.24) is 9.80 Å². The van der Waals surface area contributed by atoms with Crippen LogP contribution in [-0.2, 0) is 11.2 Å². The Morgan fingerprint density at radius 3 is 2.00 bits per heavy atom. The first-order valence-electron chi connectivity index (χ1n) is 7.85. The SMILES string of the molecule is COc1cc(CCN2CCN(C(C)=O)CC2)cc(OC)c1OC. The van der Waals surface area contributed by atoms with Gasteiger partial charge in [-0.1, -0.05) is 0 Å². The zero-order valence-electron chi connectivity index (χ0n) is 14.4. The molecule has 0 aliphatic carbocycles. The van der Waals surface area contributed by atoms with Crippen LogP contribution in [0.4, 0.5) is 0 Å². The van der Waals surface area contributed by atoms with E-state index >= 15 is 0 Å². The summed E-state index contributed by atoms with van der Waals surface area (Å²) in [7, 11) is 4.86. The standard InChI is InChI=1S/C17H26N2O4/c1-13(20)19-9-7-18(8-10-19)6-5-14-11-15(21-2)17(23-4)16(12-14)22-3/h11-12H,5-10H2,1-4H3. The van der Waals surface area contributed by atoms with Gasteiger partial charge in [-0.25, -0.2) is 0 Å². The van der Waals surface area contributed by atoms with Crippen molar-refractivity contribution in [1.29, 1.82) is 0 Å². The number of methoxy groups -OCH3 is 3. The first-order valence-corrected chi connectivity index (χ1v) is 7.85. The Bertz CT molecular complexity index is 514. The summed E-state index contributed by atoms with van der Waals surface area (Å²) >= 11 is 0. The summed E-state index contributed by atoms with van der Waals surface area (Å²) in [6.45, 7) is 6.04. The lowest BCUT2D eigenvalue weighted by atomic mass is 10.1. The van der Waals surface area contributed by atoms with E-state index in [2.05, 4.69) is 4.90 Å². The summed E-state index contributed by atoms with van der Waals surface area (Å²) in [5.41, 5.74) is 1.15. The third-order valence-corrected chi connectivity index (χ3v) is 4.26. The number of hydrogen-bond acceptors (Lipinski definition) is 5. The molecule has 1 fully saturated rings. The van der Waals surface area contributed by atoms with E-state index in [1.165, 1.54) is 0 Å². The number of piperazine rings is 1. The van der Waals surface area contributed by atoms with Gasteiger partial charge in [0.05, 0.1) is 21.3 Å². The molecule has 0 radical (unpaired) electrons. The Balaban J connectivity index is 1.97. The van der Waals surface area contributed by atoms with E-state index in [0.717, 1.165) is 44.7 Å². The number of benzene rings is 1. The van der Waals surface area contributed by atoms with Gasteiger partial charge in [0, 0.05) is 39.6 Å². The minimum absolute atomic E-state index is 0.161. The largest absolute Gasteiger partial charge is 0.493 e. The molecule has 1 aliphatic heterocycles. The second kappa shape index (κ2) is 8.06. The fourth-order valence-electron chi connectivity index (χ4n) is 2.85. The highest BCUT2D eigenvalue weighted by atomic mass is 16.5. The van der Waals surface area contributed by atoms with E-state index in [9.17, 15) is 4.79 Å². The molecule has 6 nitrogen and oxygen atoms in total. The van der Waals surface area contributed by atoms with Crippen molar-refractivity contribution in [3.63, 3.8) is 0 Å². The molecular formula is C17H26N2O4. The first kappa shape index (κ1) is 17.4. The van der Waals surface area contributed by atoms with E-state index in [4.69, 9.17) is 14.2 Å². The lowest BCUT2D eigenvalue weighted by Crippen LogP contribution is -2.48. The van der Waals surface area contributed by atoms with E-state index in [1.54, 1.807) is 28.3 Å². The van der Waals surface area contributed by atoms with Crippen molar-refractivity contribution in [2.24, 2.45) is 0 Å². The van der Waals surface area contributed by atoms with Crippen LogP contribution >= 0.6 is 0 Å². The average molecular weight is 322 g/mol. The first-order chi connectivity index (χ1) is 11.1. The fourth-order valence-corrected chi connectivity index (χ4v) is 2.85. The Kier molecular flexibility index (Phi) is 6.10. The van der Waals surface area contributed by atoms with Crippen LogP contribution < -0.4 is 14.2 Å². The minimum atomic E-state index is 0.161. The van der Waals surface area contributed by atoms with Gasteiger partial charge in [0.2, 0.25) is 11.7 Å². The van der Waals surface area contributed by atoms with Crippen LogP contribution in [0.2, 0.25) is 0 Å². The number of carbonyl (C=O) groups is 1. The van der Waals surface area contributed by atoms with Gasteiger partial charge in [0.15, 0.2) is 11.5 Å². The molecule has 128 valence electrons. The van der Waals surface area contributed by atoms with E-state index in [1.807, 2.05) is 17.0 Å². The Labute approximate surface area is 137 Å². The topological polar surface area (TPSA) is 51.2 Å². The van der Waals surface area contributed by atoms with E-state index < -0.39 is 0 Å². The molecule has 2 rings (SSSR count). The van der Waals surface area contributed by atoms with Crippen LogP contribution in [0.1, 0.15) is 12.5 Å². The van der Waals surface area contributed by atoms with E-state index in [-0.39, 0.29) is 5.91 Å². The number of rotatable bonds is 6. The molecule has 0 bridgehead atoms. The summed E-state index contributed by atoms with van der Waals surface area (Å²) in [6, 6.07) is 3.99. The van der Waals surface area contributed by atoms with Gasteiger partial charge in [-0.15, -0.1) is 0 Å². The predicted molar refractivity (Wildman–Crippen MR) is 88.5 cm³/mol. The molecule has 0 atom stereocenters. The van der Waals surface area contributed by atoms with Gasteiger partial charge in [0.25, 0.3) is 0 Å². The maximum absolute atomic E-state index is 11.4. The molecule has 6 heteroatoms. The molecule has 0 aromatic heterocycles. The summed E-state index contributed by atoms with van der Waals surface area (Å²) in [4.78, 5) is 15.6. The van der Waals surface area contributed by atoms with Crippen LogP contribution in [0.15, 0.2) is 12.1 Å². The highest BCUT2D eigenvalue weighted by molar-refractivity contribution is 5.73. The van der Waals surface area contributed by atoms with Crippen molar-refractivity contribution in [3.8, 4) is 17.2 Å². The molecule has 23 heavy (non-hydrogen) atoms. The van der Waals surface area contributed by atoms with Crippen molar-refractivity contribution >= 4 is 5.91 Å². The normalized spacial score (nSPS) is 15.4. The third-order valence-electron chi connectivity index (χ3n) is 4.26. The number of hydrogen-bond donors (Lipinski definition) is 0. The maximum Gasteiger partial charge on any atom is 0.219 e. The molecular weight excluding hydrogens is 296 g/mol. The highest BCUT2D eigenvalue weighted by Crippen LogP contribution is 2.38. The molecule has 1 aliphatic rings. The highest BCUT2D eigenvalue weighted by Gasteiger charge is 2.19. The molecule has 1 heterocycles. The molecule has 1 aromatic rings. The maximum atomic E-state index is 11.4. The van der Waals surface area contributed by atoms with Gasteiger partial charge in [-0.05, 0) is 24.1 Å². The predicted octanol–water partition coefficient (Wildman–Crippen LogP) is 1.42. The number of carbonyl (C=O) groups excluding carboxylic acids is 1. The lowest BCUT2D eigenvalue weighted by Gasteiger charge is -2.34. The van der Waals surface area contributed by atoms with Crippen LogP contribution in [0.3, 0.4) is 0 Å². The van der Waals surface area contributed by atoms with Crippen molar-refractivity contribution in [3.05, 3.63) is 17.7 Å². The molecule has 0 spiro atoms. The van der Waals surface area contributed by atoms with Gasteiger partial charge >= 0.3 is 0 Å². The summed E-state index contributed by atoms with van der Waals surface area (Å²) in [6.07, 6.45) is 0.900. The molecule has 1 aromatic carbocycles. The number of amides is 1. The molecule has 1 saturated heterocycles. The number of ether oxygens (including phenoxy) is 3. The molecule has 1 amide bonds. The second-order valence-corrected chi connectivity index (χ2v) is 5.63. The second-order valence-electron chi connectivity index (χ2n) is 5.63. The van der Waals surface area contributed by atoms with Crippen molar-refractivity contribution in [2.75, 3.05) is 54.1 Å². The van der Waals surface area contributed by atoms with Gasteiger partial charge in [-0.2, -0.15) is 0 Å². The van der Waals surface area contributed by atoms with Crippen molar-refractivity contribution < 1.29 is 19.0 Å². The number of nitrogens with zero attached hydrogens (tertiary/aromatic N) is 2. The third kappa shape index (κ3) is 4.28. The summed E-state index contributed by atoms with van der Waals surface area (Å²) in [5, 5.41) is 0. The average Bonchev–Trinajstić information content (AvgIpc) is 2.59. The minimum Gasteiger partial charge on any atom is -0.493 e. The lowest BCUT2D eigenvalue weighted by molar-refractivity contribution is -0.130. The van der Waals surface area contributed by atoms with Crippen molar-refractivity contribution in [2.45, 2.75) is 13.3 Å². The van der Waals surface area contributed by atoms with Crippen LogP contribution in [-0.4, -0.2) is 69.8 Å². The van der Waals surface area contributed by atoms with Gasteiger partial charge in [-0.3, -0.25) is 9.69 Å². The van der Waals surface area contributed by atoms with E-state index in [0.29, 0.717) is 17.2 Å². The quantitative estimate of drug-likeness (QED) is 0.793. The van der Waals surface area contributed by atoms with Crippen LogP contribution in [0, 0.1) is 0 Å². The zero-order valence-corrected chi connectivity index (χ0v) is 14.4. The van der Waals surface area contributed by atoms with Crippen LogP contribution in [0.5, 0.6) is 17.2 Å². The van der Waals surface area contributed by atoms with Crippen LogP contribution in [0.25, 0.3) is 0 Å². The smallest absolute Gasteiger partial charge is 0.219 e. The van der Waals surface area contributed by atoms with Gasteiger partial charge in [0.1, 0.15) is 0 Å². The van der Waals surface area contributed by atoms with Gasteiger partial charge < -0.3 is 19.1 Å². The fraction of sp³-hybridized carbons (Fsp3) is 0.588. The Morgan fingerprint density at radius 1 is 1.00 bits per heavy atom. The zero-order chi connectivity index (χ0) is 16.8. The summed E-state index contributed by atoms with van der Waals surface area (Å²) < 4.78 is 16.1. The molecule has 0 saturated carbocycles. The summed E-state index contributed by atoms with van der Waals surface area (Å²) in [5.74, 6) is 2.15. The molecule has 0 unspecified atom stereocenters. The molecule has 0 N–H and O–H groups in total. The monoisotopic (exact) mass is 322 g/mol. The Hall–Kier alpha value is -1.95.